The molecule has 0 bridgehead atoms. The van der Waals surface area contributed by atoms with Crippen LogP contribution < -0.4 is 5.32 Å². The van der Waals surface area contributed by atoms with E-state index in [9.17, 15) is 23.2 Å². The van der Waals surface area contributed by atoms with Crippen molar-refractivity contribution in [3.05, 3.63) is 46.7 Å². The van der Waals surface area contributed by atoms with Crippen LogP contribution in [-0.2, 0) is 21.6 Å². The van der Waals surface area contributed by atoms with Gasteiger partial charge < -0.3 is 14.8 Å². The summed E-state index contributed by atoms with van der Waals surface area (Å²) in [4.78, 5) is 39.5. The molecule has 0 radical (unpaired) electrons. The van der Waals surface area contributed by atoms with Crippen LogP contribution >= 0.6 is 0 Å². The lowest BCUT2D eigenvalue weighted by atomic mass is 10.0. The maximum absolute atomic E-state index is 14.1. The summed E-state index contributed by atoms with van der Waals surface area (Å²) < 4.78 is 38.8. The van der Waals surface area contributed by atoms with Crippen molar-refractivity contribution in [3.63, 3.8) is 0 Å². The lowest BCUT2D eigenvalue weighted by Gasteiger charge is -2.33. The number of nitrogens with zero attached hydrogens (tertiary/aromatic N) is 3. The van der Waals surface area contributed by atoms with Crippen molar-refractivity contribution >= 4 is 23.9 Å². The van der Waals surface area contributed by atoms with E-state index in [1.807, 2.05) is 0 Å². The molecule has 33 heavy (non-hydrogen) atoms. The van der Waals surface area contributed by atoms with E-state index in [1.54, 1.807) is 41.5 Å². The summed E-state index contributed by atoms with van der Waals surface area (Å²) in [6.07, 6.45) is -1.46. The maximum Gasteiger partial charge on any atom is 0.436 e. The summed E-state index contributed by atoms with van der Waals surface area (Å²) in [5.41, 5.74) is -1.44. The van der Waals surface area contributed by atoms with Crippen LogP contribution in [0, 0.1) is 11.6 Å². The Kier molecular flexibility index (Phi) is 6.18. The Balaban J connectivity index is 2.03. The van der Waals surface area contributed by atoms with Crippen molar-refractivity contribution in [3.8, 4) is 0 Å². The van der Waals surface area contributed by atoms with Gasteiger partial charge in [-0.3, -0.25) is 9.69 Å². The van der Waals surface area contributed by atoms with Crippen LogP contribution in [0.1, 0.15) is 63.2 Å². The number of carbonyl (C=O) groups excluding carboxylic acids is 3. The van der Waals surface area contributed by atoms with Gasteiger partial charge in [-0.15, -0.1) is 4.68 Å². The molecule has 0 spiro atoms. The first-order valence-corrected chi connectivity index (χ1v) is 10.3. The third-order valence-corrected chi connectivity index (χ3v) is 5.02. The predicted molar refractivity (Wildman–Crippen MR) is 114 cm³/mol. The topological polar surface area (TPSA) is 103 Å². The molecule has 0 unspecified atom stereocenters. The minimum atomic E-state index is -1.07. The molecule has 1 aliphatic rings. The van der Waals surface area contributed by atoms with Gasteiger partial charge in [0.25, 0.3) is 5.91 Å². The molecule has 9 nitrogen and oxygen atoms in total. The Labute approximate surface area is 189 Å². The van der Waals surface area contributed by atoms with E-state index in [4.69, 9.17) is 9.47 Å². The Bertz CT molecular complexity index is 1120. The first-order chi connectivity index (χ1) is 15.3. The molecule has 1 aromatic heterocycles. The number of amides is 2. The number of hydrogen-bond acceptors (Lipinski definition) is 6. The van der Waals surface area contributed by atoms with E-state index < -0.39 is 46.4 Å². The average Bonchev–Trinajstić information content (AvgIpc) is 3.15. The number of aromatic nitrogens is 2. The molecular formula is C22H26F2N4O5. The molecule has 0 aliphatic carbocycles. The molecule has 0 atom stereocenters. The SMILES string of the molecule is CCOC(=O)n1nc2c(c1NC(=O)c1ccc(F)cc1F)CN(C(=O)OC(C)(C)C)C2(C)C. The standard InChI is InChI=1S/C22H26F2N4O5/c1-7-32-20(31)28-17(25-18(29)13-9-8-12(23)10-15(13)24)14-11-27(19(30)33-21(2,3)4)22(5,6)16(14)26-28/h8-10H,7,11H2,1-6H3,(H,25,29). The highest BCUT2D eigenvalue weighted by Crippen LogP contribution is 2.42. The van der Waals surface area contributed by atoms with E-state index in [2.05, 4.69) is 10.4 Å². The second kappa shape index (κ2) is 8.45. The third kappa shape index (κ3) is 4.67. The average molecular weight is 464 g/mol. The zero-order chi connectivity index (χ0) is 24.7. The number of fused-ring (bicyclic) bond motifs is 1. The normalized spacial score (nSPS) is 14.6. The van der Waals surface area contributed by atoms with Crippen LogP contribution in [-0.4, -0.2) is 45.0 Å². The van der Waals surface area contributed by atoms with Crippen LogP contribution in [0.15, 0.2) is 18.2 Å². The number of halogens is 2. The fourth-order valence-corrected chi connectivity index (χ4v) is 3.48. The number of ether oxygens (including phenoxy) is 2. The van der Waals surface area contributed by atoms with Crippen molar-refractivity contribution in [2.45, 2.75) is 59.2 Å². The predicted octanol–water partition coefficient (Wildman–Crippen LogP) is 4.40. The summed E-state index contributed by atoms with van der Waals surface area (Å²) >= 11 is 0. The summed E-state index contributed by atoms with van der Waals surface area (Å²) in [6, 6.07) is 2.51. The number of rotatable bonds is 3. The number of carbonyl (C=O) groups is 3. The molecule has 11 heteroatoms. The quantitative estimate of drug-likeness (QED) is 0.722. The van der Waals surface area contributed by atoms with E-state index in [0.717, 1.165) is 16.8 Å². The zero-order valence-electron chi connectivity index (χ0n) is 19.3. The fourth-order valence-electron chi connectivity index (χ4n) is 3.48. The number of hydrogen-bond donors (Lipinski definition) is 1. The van der Waals surface area contributed by atoms with Crippen LogP contribution in [0.25, 0.3) is 0 Å². The van der Waals surface area contributed by atoms with Crippen LogP contribution in [0.3, 0.4) is 0 Å². The van der Waals surface area contributed by atoms with Crippen molar-refractivity contribution in [1.82, 2.24) is 14.7 Å². The van der Waals surface area contributed by atoms with Crippen LogP contribution in [0.4, 0.5) is 24.2 Å². The van der Waals surface area contributed by atoms with Crippen molar-refractivity contribution in [2.24, 2.45) is 0 Å². The van der Waals surface area contributed by atoms with Gasteiger partial charge in [0.2, 0.25) is 0 Å². The highest BCUT2D eigenvalue weighted by molar-refractivity contribution is 6.05. The molecule has 2 amide bonds. The molecule has 0 saturated heterocycles. The van der Waals surface area contributed by atoms with Crippen LogP contribution in [0.2, 0.25) is 0 Å². The highest BCUT2D eigenvalue weighted by atomic mass is 19.1. The van der Waals surface area contributed by atoms with Gasteiger partial charge >= 0.3 is 12.2 Å². The molecule has 2 heterocycles. The third-order valence-electron chi connectivity index (χ3n) is 5.02. The molecule has 1 aromatic carbocycles. The van der Waals surface area contributed by atoms with E-state index in [-0.39, 0.29) is 19.0 Å². The van der Waals surface area contributed by atoms with Gasteiger partial charge in [-0.1, -0.05) is 0 Å². The van der Waals surface area contributed by atoms with E-state index in [1.165, 1.54) is 4.90 Å². The Morgan fingerprint density at radius 3 is 2.42 bits per heavy atom. The maximum atomic E-state index is 14.1. The molecule has 2 aromatic rings. The van der Waals surface area contributed by atoms with Gasteiger partial charge in [0.1, 0.15) is 23.1 Å². The summed E-state index contributed by atoms with van der Waals surface area (Å²) in [6.45, 7) is 10.3. The zero-order valence-corrected chi connectivity index (χ0v) is 19.3. The van der Waals surface area contributed by atoms with Gasteiger partial charge in [0.05, 0.1) is 29.9 Å². The lowest BCUT2D eigenvalue weighted by Crippen LogP contribution is -2.44. The second-order valence-corrected chi connectivity index (χ2v) is 8.99. The largest absolute Gasteiger partial charge is 0.448 e. The number of nitrogens with one attached hydrogen (secondary N) is 1. The smallest absolute Gasteiger partial charge is 0.436 e. The Hall–Kier alpha value is -3.50. The molecule has 0 fully saturated rings. The molecule has 1 N–H and O–H groups in total. The van der Waals surface area contributed by atoms with Crippen molar-refractivity contribution < 1.29 is 32.6 Å². The first kappa shape index (κ1) is 24.1. The van der Waals surface area contributed by atoms with Crippen molar-refractivity contribution in [1.29, 1.82) is 0 Å². The minimum absolute atomic E-state index is 0.0296. The van der Waals surface area contributed by atoms with Gasteiger partial charge in [-0.05, 0) is 53.7 Å². The first-order valence-electron chi connectivity index (χ1n) is 10.3. The molecular weight excluding hydrogens is 438 g/mol. The Morgan fingerprint density at radius 2 is 1.85 bits per heavy atom. The molecule has 3 rings (SSSR count). The van der Waals surface area contributed by atoms with Crippen molar-refractivity contribution in [2.75, 3.05) is 11.9 Å². The van der Waals surface area contributed by atoms with Gasteiger partial charge in [-0.25, -0.2) is 18.4 Å². The summed E-state index contributed by atoms with van der Waals surface area (Å²) in [7, 11) is 0. The number of anilines is 1. The van der Waals surface area contributed by atoms with E-state index in [0.29, 0.717) is 17.3 Å². The lowest BCUT2D eigenvalue weighted by molar-refractivity contribution is 0.00442. The summed E-state index contributed by atoms with van der Waals surface area (Å²) in [5.74, 6) is -2.90. The molecule has 178 valence electrons. The number of benzene rings is 1. The minimum Gasteiger partial charge on any atom is -0.448 e. The van der Waals surface area contributed by atoms with Gasteiger partial charge in [0.15, 0.2) is 0 Å². The van der Waals surface area contributed by atoms with Gasteiger partial charge in [0, 0.05) is 11.6 Å². The second-order valence-electron chi connectivity index (χ2n) is 8.99. The Morgan fingerprint density at radius 1 is 1.18 bits per heavy atom. The monoisotopic (exact) mass is 464 g/mol. The highest BCUT2D eigenvalue weighted by Gasteiger charge is 2.47. The molecule has 0 saturated carbocycles. The fraction of sp³-hybridized carbons (Fsp3) is 0.455. The van der Waals surface area contributed by atoms with E-state index >= 15 is 0 Å². The van der Waals surface area contributed by atoms with Gasteiger partial charge in [-0.2, -0.15) is 5.10 Å². The molecule has 1 aliphatic heterocycles. The van der Waals surface area contributed by atoms with Crippen LogP contribution in [0.5, 0.6) is 0 Å². The summed E-state index contributed by atoms with van der Waals surface area (Å²) in [5, 5.41) is 6.77.